The van der Waals surface area contributed by atoms with Gasteiger partial charge in [-0.25, -0.2) is 8.78 Å². The molecule has 0 spiro atoms. The molecule has 2 unspecified atom stereocenters. The number of ether oxygens (including phenoxy) is 1. The van der Waals surface area contributed by atoms with Crippen molar-refractivity contribution in [1.29, 1.82) is 0 Å². The Kier molecular flexibility index (Phi) is 3.43. The van der Waals surface area contributed by atoms with Crippen molar-refractivity contribution in [3.8, 4) is 0 Å². The van der Waals surface area contributed by atoms with E-state index in [0.717, 1.165) is 18.2 Å². The molecule has 0 saturated carbocycles. The molecule has 1 fully saturated rings. The van der Waals surface area contributed by atoms with Crippen molar-refractivity contribution < 1.29 is 18.6 Å². The second-order valence-corrected chi connectivity index (χ2v) is 5.23. The highest BCUT2D eigenvalue weighted by Gasteiger charge is 2.43. The maximum atomic E-state index is 13.8. The lowest BCUT2D eigenvalue weighted by Gasteiger charge is -2.43. The summed E-state index contributed by atoms with van der Waals surface area (Å²) in [5.41, 5.74) is -1.81. The first-order chi connectivity index (χ1) is 8.38. The molecule has 0 amide bonds. The van der Waals surface area contributed by atoms with Gasteiger partial charge < -0.3 is 9.84 Å². The quantitative estimate of drug-likeness (QED) is 0.881. The monoisotopic (exact) mass is 256 g/mol. The fraction of sp³-hybridized carbons (Fsp3) is 0.571. The van der Waals surface area contributed by atoms with E-state index in [-0.39, 0.29) is 18.4 Å². The summed E-state index contributed by atoms with van der Waals surface area (Å²) in [7, 11) is 0. The van der Waals surface area contributed by atoms with Crippen LogP contribution in [0, 0.1) is 11.6 Å². The predicted octanol–water partition coefficient (Wildman–Crippen LogP) is 3.13. The maximum absolute atomic E-state index is 13.8. The molecule has 100 valence electrons. The van der Waals surface area contributed by atoms with Gasteiger partial charge >= 0.3 is 0 Å². The normalized spacial score (nSPS) is 32.5. The molecule has 1 saturated heterocycles. The Morgan fingerprint density at radius 2 is 2.11 bits per heavy atom. The van der Waals surface area contributed by atoms with Crippen molar-refractivity contribution in [2.24, 2.45) is 0 Å². The minimum Gasteiger partial charge on any atom is -0.385 e. The molecule has 1 aromatic carbocycles. The third-order valence-corrected chi connectivity index (χ3v) is 3.81. The maximum Gasteiger partial charge on any atom is 0.129 e. The number of hydrogen-bond acceptors (Lipinski definition) is 2. The highest BCUT2D eigenvalue weighted by Crippen LogP contribution is 2.41. The fourth-order valence-corrected chi connectivity index (χ4v) is 2.54. The average Bonchev–Trinajstić information content (AvgIpc) is 2.32. The molecule has 4 heteroatoms. The Morgan fingerprint density at radius 1 is 1.39 bits per heavy atom. The SMILES string of the molecule is CCC1(C)CC(O)(c2cc(F)ccc2F)CCO1. The standard InChI is InChI=1S/C14H18F2O2/c1-3-13(2)9-14(17,6-7-18-13)11-8-10(15)4-5-12(11)16/h4-5,8,17H,3,6-7,9H2,1-2H3. The predicted molar refractivity (Wildman–Crippen MR) is 64.1 cm³/mol. The lowest BCUT2D eigenvalue weighted by Crippen LogP contribution is -2.45. The van der Waals surface area contributed by atoms with Crippen molar-refractivity contribution >= 4 is 0 Å². The van der Waals surface area contributed by atoms with Gasteiger partial charge in [0.05, 0.1) is 17.8 Å². The first-order valence-corrected chi connectivity index (χ1v) is 6.20. The molecule has 1 N–H and O–H groups in total. The largest absolute Gasteiger partial charge is 0.385 e. The minimum absolute atomic E-state index is 0.0328. The zero-order chi connectivity index (χ0) is 13.4. The Labute approximate surface area is 106 Å². The Morgan fingerprint density at radius 3 is 2.78 bits per heavy atom. The first-order valence-electron chi connectivity index (χ1n) is 6.20. The van der Waals surface area contributed by atoms with Crippen molar-refractivity contribution in [2.75, 3.05) is 6.61 Å². The third kappa shape index (κ3) is 2.40. The van der Waals surface area contributed by atoms with Crippen molar-refractivity contribution in [1.82, 2.24) is 0 Å². The molecule has 0 aliphatic carbocycles. The first kappa shape index (κ1) is 13.4. The van der Waals surface area contributed by atoms with Gasteiger partial charge in [-0.05, 0) is 31.5 Å². The van der Waals surface area contributed by atoms with Crippen LogP contribution in [0.4, 0.5) is 8.78 Å². The van der Waals surface area contributed by atoms with Gasteiger partial charge in [0.25, 0.3) is 0 Å². The van der Waals surface area contributed by atoms with Crippen molar-refractivity contribution in [3.05, 3.63) is 35.4 Å². The van der Waals surface area contributed by atoms with E-state index in [1.165, 1.54) is 0 Å². The zero-order valence-electron chi connectivity index (χ0n) is 10.7. The molecule has 1 aliphatic heterocycles. The Hall–Kier alpha value is -1.00. The van der Waals surface area contributed by atoms with Crippen LogP contribution < -0.4 is 0 Å². The third-order valence-electron chi connectivity index (χ3n) is 3.81. The van der Waals surface area contributed by atoms with Crippen LogP contribution in [0.15, 0.2) is 18.2 Å². The summed E-state index contributed by atoms with van der Waals surface area (Å²) in [5, 5.41) is 10.6. The van der Waals surface area contributed by atoms with E-state index in [1.54, 1.807) is 0 Å². The molecule has 0 aromatic heterocycles. The van der Waals surface area contributed by atoms with Crippen LogP contribution in [0.3, 0.4) is 0 Å². The van der Waals surface area contributed by atoms with E-state index in [2.05, 4.69) is 0 Å². The lowest BCUT2D eigenvalue weighted by molar-refractivity contribution is -0.158. The number of benzene rings is 1. The number of hydrogen-bond donors (Lipinski definition) is 1. The summed E-state index contributed by atoms with van der Waals surface area (Å²) in [6.45, 7) is 4.18. The summed E-state index contributed by atoms with van der Waals surface area (Å²) in [6.07, 6.45) is 1.27. The summed E-state index contributed by atoms with van der Waals surface area (Å²) in [4.78, 5) is 0. The van der Waals surface area contributed by atoms with E-state index >= 15 is 0 Å². The van der Waals surface area contributed by atoms with Gasteiger partial charge in [0, 0.05) is 18.4 Å². The molecule has 2 rings (SSSR count). The molecular weight excluding hydrogens is 238 g/mol. The van der Waals surface area contributed by atoms with Gasteiger partial charge in [-0.15, -0.1) is 0 Å². The van der Waals surface area contributed by atoms with Gasteiger partial charge in [-0.2, -0.15) is 0 Å². The van der Waals surface area contributed by atoms with Crippen LogP contribution in [-0.4, -0.2) is 17.3 Å². The number of rotatable bonds is 2. The molecular formula is C14H18F2O2. The van der Waals surface area contributed by atoms with Crippen LogP contribution in [0.1, 0.15) is 38.7 Å². The molecule has 0 radical (unpaired) electrons. The van der Waals surface area contributed by atoms with Gasteiger partial charge in [0.15, 0.2) is 0 Å². The van der Waals surface area contributed by atoms with Gasteiger partial charge in [0.1, 0.15) is 11.6 Å². The van der Waals surface area contributed by atoms with Gasteiger partial charge in [0.2, 0.25) is 0 Å². The second kappa shape index (κ2) is 4.59. The highest BCUT2D eigenvalue weighted by atomic mass is 19.1. The van der Waals surface area contributed by atoms with E-state index in [0.29, 0.717) is 13.0 Å². The Bertz CT molecular complexity index is 449. The Balaban J connectivity index is 2.38. The highest BCUT2D eigenvalue weighted by molar-refractivity contribution is 5.26. The average molecular weight is 256 g/mol. The summed E-state index contributed by atoms with van der Waals surface area (Å²) < 4.78 is 32.7. The molecule has 2 atom stereocenters. The van der Waals surface area contributed by atoms with Crippen LogP contribution in [0.5, 0.6) is 0 Å². The summed E-state index contributed by atoms with van der Waals surface area (Å²) >= 11 is 0. The number of aliphatic hydroxyl groups is 1. The summed E-state index contributed by atoms with van der Waals surface area (Å²) in [5.74, 6) is -1.11. The smallest absolute Gasteiger partial charge is 0.129 e. The second-order valence-electron chi connectivity index (χ2n) is 5.23. The molecule has 1 aliphatic rings. The molecule has 18 heavy (non-hydrogen) atoms. The summed E-state index contributed by atoms with van der Waals surface area (Å²) in [6, 6.07) is 3.19. The molecule has 0 bridgehead atoms. The van der Waals surface area contributed by atoms with Crippen LogP contribution in [0.25, 0.3) is 0 Å². The van der Waals surface area contributed by atoms with Crippen LogP contribution in [0.2, 0.25) is 0 Å². The van der Waals surface area contributed by atoms with Gasteiger partial charge in [-0.3, -0.25) is 0 Å². The van der Waals surface area contributed by atoms with Gasteiger partial charge in [-0.1, -0.05) is 6.92 Å². The number of halogens is 2. The zero-order valence-corrected chi connectivity index (χ0v) is 10.7. The fourth-order valence-electron chi connectivity index (χ4n) is 2.54. The molecule has 1 heterocycles. The van der Waals surface area contributed by atoms with E-state index in [4.69, 9.17) is 4.74 Å². The van der Waals surface area contributed by atoms with E-state index in [1.807, 2.05) is 13.8 Å². The van der Waals surface area contributed by atoms with Crippen LogP contribution >= 0.6 is 0 Å². The lowest BCUT2D eigenvalue weighted by atomic mass is 9.77. The molecule has 1 aromatic rings. The van der Waals surface area contributed by atoms with Crippen molar-refractivity contribution in [3.63, 3.8) is 0 Å². The van der Waals surface area contributed by atoms with Crippen molar-refractivity contribution in [2.45, 2.75) is 44.3 Å². The minimum atomic E-state index is -1.35. The molecule has 2 nitrogen and oxygen atoms in total. The van der Waals surface area contributed by atoms with Crippen LogP contribution in [-0.2, 0) is 10.3 Å². The van der Waals surface area contributed by atoms with E-state index < -0.39 is 22.8 Å². The topological polar surface area (TPSA) is 29.5 Å². The van der Waals surface area contributed by atoms with E-state index in [9.17, 15) is 13.9 Å².